The van der Waals surface area contributed by atoms with Crippen molar-refractivity contribution in [2.45, 2.75) is 58.3 Å². The van der Waals surface area contributed by atoms with E-state index in [1.54, 1.807) is 35.8 Å². The molecule has 3 aromatic rings. The summed E-state index contributed by atoms with van der Waals surface area (Å²) < 4.78 is 12.1. The Morgan fingerprint density at radius 2 is 1.93 bits per heavy atom. The van der Waals surface area contributed by atoms with Crippen LogP contribution >= 0.6 is 0 Å². The second-order valence-corrected chi connectivity index (χ2v) is 9.70. The number of benzene rings is 1. The number of hydrogen-bond acceptors (Lipinski definition) is 9. The number of cyclic esters (lactones) is 1. The smallest absolute Gasteiger partial charge is 0.343 e. The minimum absolute atomic E-state index is 0.0500. The van der Waals surface area contributed by atoms with Crippen LogP contribution in [0.2, 0.25) is 0 Å². The number of rotatable bonds is 8. The maximum atomic E-state index is 13.5. The lowest BCUT2D eigenvalue weighted by molar-refractivity contribution is -0.172. The number of amides is 1. The maximum absolute atomic E-state index is 13.5. The predicted molar refractivity (Wildman–Crippen MR) is 139 cm³/mol. The van der Waals surface area contributed by atoms with Crippen molar-refractivity contribution in [3.63, 3.8) is 0 Å². The summed E-state index contributed by atoms with van der Waals surface area (Å²) in [7, 11) is 0. The lowest BCUT2D eigenvalue weighted by Crippen LogP contribution is -2.44. The predicted octanol–water partition coefficient (Wildman–Crippen LogP) is 1.53. The molecule has 1 aromatic carbocycles. The quantitative estimate of drug-likeness (QED) is 0.216. The van der Waals surface area contributed by atoms with Gasteiger partial charge in [-0.2, -0.15) is 0 Å². The molecule has 2 aromatic heterocycles. The van der Waals surface area contributed by atoms with Crippen LogP contribution in [0.3, 0.4) is 0 Å². The third kappa shape index (κ3) is 4.49. The summed E-state index contributed by atoms with van der Waals surface area (Å²) in [4.78, 5) is 65.2. The zero-order chi connectivity index (χ0) is 28.8. The van der Waals surface area contributed by atoms with Gasteiger partial charge in [-0.05, 0) is 42.7 Å². The molecule has 0 aliphatic carbocycles. The second kappa shape index (κ2) is 10.2. The number of nitrogens with one attached hydrogen (secondary N) is 1. The van der Waals surface area contributed by atoms with Crippen molar-refractivity contribution in [2.24, 2.45) is 0 Å². The van der Waals surface area contributed by atoms with Crippen LogP contribution in [0.5, 0.6) is 5.75 Å². The summed E-state index contributed by atoms with van der Waals surface area (Å²) in [5.74, 6) is -2.93. The second-order valence-electron chi connectivity index (χ2n) is 9.70. The molecule has 0 saturated heterocycles. The van der Waals surface area contributed by atoms with Crippen LogP contribution in [0, 0.1) is 0 Å². The monoisotopic (exact) mass is 549 g/mol. The maximum Gasteiger partial charge on any atom is 0.343 e. The van der Waals surface area contributed by atoms with Gasteiger partial charge in [-0.25, -0.2) is 9.78 Å². The van der Waals surface area contributed by atoms with Crippen LogP contribution in [0.15, 0.2) is 29.1 Å². The molecule has 0 unspecified atom stereocenters. The molecule has 1 atom stereocenters. The highest BCUT2D eigenvalue weighted by Crippen LogP contribution is 2.40. The standard InChI is InChI=1S/C28H27N3O9/c1-3-15-16-9-14(40-24(35)8-7-22(32)29-11-23(33)34)5-6-20(16)30-25-17(15)12-31-21(25)10-19-18(26(31)36)13-39-27(37)28(19,38)4-2/h5-6,9-10,38H,3-4,7-8,11-13H2,1-2H3,(H,29,32)(H,33,34)/t28-/m0/s1. The van der Waals surface area contributed by atoms with Crippen molar-refractivity contribution in [1.29, 1.82) is 0 Å². The normalized spacial score (nSPS) is 17.0. The van der Waals surface area contributed by atoms with Gasteiger partial charge in [-0.1, -0.05) is 13.8 Å². The van der Waals surface area contributed by atoms with E-state index >= 15 is 0 Å². The zero-order valence-electron chi connectivity index (χ0n) is 21.9. The molecular formula is C28H27N3O9. The topological polar surface area (TPSA) is 174 Å². The summed E-state index contributed by atoms with van der Waals surface area (Å²) in [5, 5.41) is 22.6. The largest absolute Gasteiger partial charge is 0.480 e. The zero-order valence-corrected chi connectivity index (χ0v) is 21.9. The van der Waals surface area contributed by atoms with Crippen molar-refractivity contribution < 1.29 is 38.9 Å². The molecule has 12 heteroatoms. The molecule has 208 valence electrons. The number of fused-ring (bicyclic) bond motifs is 5. The van der Waals surface area contributed by atoms with Crippen molar-refractivity contribution in [3.8, 4) is 17.1 Å². The number of aliphatic carboxylic acids is 1. The van der Waals surface area contributed by atoms with E-state index in [1.807, 2.05) is 6.92 Å². The first-order valence-corrected chi connectivity index (χ1v) is 12.9. The minimum atomic E-state index is -1.91. The summed E-state index contributed by atoms with van der Waals surface area (Å²) in [6, 6.07) is 6.61. The van der Waals surface area contributed by atoms with Crippen molar-refractivity contribution in [3.05, 3.63) is 56.9 Å². The van der Waals surface area contributed by atoms with Gasteiger partial charge >= 0.3 is 17.9 Å². The number of carboxylic acids is 1. The Kier molecular flexibility index (Phi) is 6.88. The Balaban J connectivity index is 1.47. The molecule has 3 N–H and O–H groups in total. The van der Waals surface area contributed by atoms with Gasteiger partial charge in [-0.3, -0.25) is 19.2 Å². The van der Waals surface area contributed by atoms with Gasteiger partial charge in [0.2, 0.25) is 5.91 Å². The number of carbonyl (C=O) groups is 4. The average Bonchev–Trinajstić information content (AvgIpc) is 3.30. The first-order valence-electron chi connectivity index (χ1n) is 12.9. The number of carboxylic acid groups (broad SMARTS) is 1. The van der Waals surface area contributed by atoms with E-state index in [-0.39, 0.29) is 54.8 Å². The van der Waals surface area contributed by atoms with E-state index in [9.17, 15) is 29.1 Å². The third-order valence-electron chi connectivity index (χ3n) is 7.36. The molecule has 4 heterocycles. The Morgan fingerprint density at radius 3 is 2.62 bits per heavy atom. The van der Waals surface area contributed by atoms with E-state index in [4.69, 9.17) is 19.6 Å². The number of aliphatic hydroxyl groups is 1. The van der Waals surface area contributed by atoms with E-state index < -0.39 is 36.0 Å². The van der Waals surface area contributed by atoms with Crippen LogP contribution in [0.25, 0.3) is 22.3 Å². The molecule has 5 rings (SSSR count). The molecule has 0 spiro atoms. The number of carbonyl (C=O) groups excluding carboxylic acids is 3. The molecule has 40 heavy (non-hydrogen) atoms. The molecule has 2 aliphatic rings. The summed E-state index contributed by atoms with van der Waals surface area (Å²) in [6.07, 6.45) is 0.196. The van der Waals surface area contributed by atoms with Gasteiger partial charge in [0, 0.05) is 22.9 Å². The number of aryl methyl sites for hydroxylation is 1. The van der Waals surface area contributed by atoms with Crippen molar-refractivity contribution >= 4 is 34.7 Å². The fraction of sp³-hybridized carbons (Fsp3) is 0.357. The fourth-order valence-corrected chi connectivity index (χ4v) is 5.27. The molecule has 2 aliphatic heterocycles. The van der Waals surface area contributed by atoms with Crippen LogP contribution in [0.4, 0.5) is 0 Å². The third-order valence-corrected chi connectivity index (χ3v) is 7.36. The Morgan fingerprint density at radius 1 is 1.15 bits per heavy atom. The van der Waals surface area contributed by atoms with Gasteiger partial charge in [-0.15, -0.1) is 0 Å². The van der Waals surface area contributed by atoms with Gasteiger partial charge in [0.15, 0.2) is 5.60 Å². The number of esters is 2. The van der Waals surface area contributed by atoms with Gasteiger partial charge < -0.3 is 29.6 Å². The van der Waals surface area contributed by atoms with E-state index in [0.29, 0.717) is 23.3 Å². The molecule has 0 fully saturated rings. The molecule has 0 radical (unpaired) electrons. The highest BCUT2D eigenvalue weighted by Gasteiger charge is 2.45. The molecule has 12 nitrogen and oxygen atoms in total. The Hall–Kier alpha value is -4.58. The lowest BCUT2D eigenvalue weighted by Gasteiger charge is -2.31. The van der Waals surface area contributed by atoms with Crippen LogP contribution in [0.1, 0.15) is 55.4 Å². The summed E-state index contributed by atoms with van der Waals surface area (Å²) in [6.45, 7) is 3.12. The number of nitrogens with zero attached hydrogens (tertiary/aromatic N) is 2. The molecular weight excluding hydrogens is 522 g/mol. The summed E-state index contributed by atoms with van der Waals surface area (Å²) in [5.41, 5.74) is 1.65. The fourth-order valence-electron chi connectivity index (χ4n) is 5.27. The van der Waals surface area contributed by atoms with Crippen molar-refractivity contribution in [2.75, 3.05) is 6.54 Å². The van der Waals surface area contributed by atoms with E-state index in [2.05, 4.69) is 5.32 Å². The number of pyridine rings is 2. The highest BCUT2D eigenvalue weighted by molar-refractivity contribution is 5.91. The van der Waals surface area contributed by atoms with Crippen LogP contribution < -0.4 is 15.6 Å². The van der Waals surface area contributed by atoms with Gasteiger partial charge in [0.05, 0.1) is 35.4 Å². The van der Waals surface area contributed by atoms with E-state index in [0.717, 1.165) is 16.5 Å². The van der Waals surface area contributed by atoms with Crippen LogP contribution in [-0.2, 0) is 49.1 Å². The first-order chi connectivity index (χ1) is 19.1. The van der Waals surface area contributed by atoms with Gasteiger partial charge in [0.1, 0.15) is 18.9 Å². The highest BCUT2D eigenvalue weighted by atomic mass is 16.6. The number of hydrogen-bond donors (Lipinski definition) is 3. The number of aromatic nitrogens is 2. The number of ether oxygens (including phenoxy) is 2. The average molecular weight is 550 g/mol. The minimum Gasteiger partial charge on any atom is -0.480 e. The molecule has 0 bridgehead atoms. The van der Waals surface area contributed by atoms with Crippen molar-refractivity contribution in [1.82, 2.24) is 14.9 Å². The molecule has 1 amide bonds. The van der Waals surface area contributed by atoms with Gasteiger partial charge in [0.25, 0.3) is 5.56 Å². The lowest BCUT2D eigenvalue weighted by atomic mass is 9.86. The summed E-state index contributed by atoms with van der Waals surface area (Å²) >= 11 is 0. The SMILES string of the molecule is CCc1c2c(nc3ccc(OC(=O)CCC(=O)NCC(=O)O)cc13)-c1cc3c(c(=O)n1C2)COC(=O)[C@]3(O)CC. The van der Waals surface area contributed by atoms with E-state index in [1.165, 1.54) is 0 Å². The first kappa shape index (κ1) is 27.0. The molecule has 0 saturated carbocycles. The Bertz CT molecular complexity index is 1660. The van der Waals surface area contributed by atoms with Crippen LogP contribution in [-0.4, -0.2) is 50.1 Å². The Labute approximate surface area is 227 Å².